The standard InChI is InChI=1S/C16H21ClN4S/c1-3-18-16(21-11-15-20-10-12(2)22-15)19-9-8-13-4-6-14(17)7-5-13/h4-7,10H,3,8-9,11H2,1-2H3,(H2,18,19,21). The Kier molecular flexibility index (Phi) is 6.68. The van der Waals surface area contributed by atoms with Crippen LogP contribution in [0, 0.1) is 6.92 Å². The van der Waals surface area contributed by atoms with Crippen LogP contribution in [0.5, 0.6) is 0 Å². The van der Waals surface area contributed by atoms with Crippen molar-refractivity contribution in [1.82, 2.24) is 15.6 Å². The molecule has 0 radical (unpaired) electrons. The summed E-state index contributed by atoms with van der Waals surface area (Å²) in [5, 5.41) is 8.40. The van der Waals surface area contributed by atoms with Crippen LogP contribution in [0.3, 0.4) is 0 Å². The topological polar surface area (TPSA) is 49.3 Å². The van der Waals surface area contributed by atoms with Crippen LogP contribution < -0.4 is 10.6 Å². The Morgan fingerprint density at radius 3 is 2.68 bits per heavy atom. The molecule has 2 N–H and O–H groups in total. The number of nitrogens with one attached hydrogen (secondary N) is 2. The molecule has 0 fully saturated rings. The molecule has 0 unspecified atom stereocenters. The van der Waals surface area contributed by atoms with E-state index in [1.54, 1.807) is 11.3 Å². The van der Waals surface area contributed by atoms with Crippen molar-refractivity contribution in [3.05, 3.63) is 50.9 Å². The van der Waals surface area contributed by atoms with Gasteiger partial charge in [0.1, 0.15) is 5.01 Å². The highest BCUT2D eigenvalue weighted by molar-refractivity contribution is 7.11. The van der Waals surface area contributed by atoms with Gasteiger partial charge in [-0.15, -0.1) is 11.3 Å². The first-order valence-electron chi connectivity index (χ1n) is 7.35. The zero-order chi connectivity index (χ0) is 15.8. The lowest BCUT2D eigenvalue weighted by atomic mass is 10.1. The van der Waals surface area contributed by atoms with E-state index in [2.05, 4.69) is 34.5 Å². The van der Waals surface area contributed by atoms with Crippen LogP contribution in [0.1, 0.15) is 22.4 Å². The van der Waals surface area contributed by atoms with E-state index in [9.17, 15) is 0 Å². The molecule has 1 aromatic heterocycles. The van der Waals surface area contributed by atoms with Crippen molar-refractivity contribution in [1.29, 1.82) is 0 Å². The second-order valence-electron chi connectivity index (χ2n) is 4.86. The van der Waals surface area contributed by atoms with E-state index in [0.717, 1.165) is 35.5 Å². The highest BCUT2D eigenvalue weighted by Gasteiger charge is 2.01. The van der Waals surface area contributed by atoms with E-state index in [4.69, 9.17) is 11.6 Å². The molecule has 2 rings (SSSR count). The number of rotatable bonds is 6. The zero-order valence-electron chi connectivity index (χ0n) is 12.9. The molecule has 0 atom stereocenters. The minimum Gasteiger partial charge on any atom is -0.357 e. The molecular formula is C16H21ClN4S. The molecule has 0 aliphatic heterocycles. The fourth-order valence-electron chi connectivity index (χ4n) is 1.94. The maximum absolute atomic E-state index is 5.89. The number of halogens is 1. The summed E-state index contributed by atoms with van der Waals surface area (Å²) in [6.45, 7) is 6.38. The normalized spacial score (nSPS) is 11.5. The van der Waals surface area contributed by atoms with Crippen molar-refractivity contribution in [2.24, 2.45) is 4.99 Å². The molecule has 118 valence electrons. The number of thiazole rings is 1. The van der Waals surface area contributed by atoms with Gasteiger partial charge in [0.2, 0.25) is 0 Å². The van der Waals surface area contributed by atoms with Crippen LogP contribution in [-0.2, 0) is 13.0 Å². The van der Waals surface area contributed by atoms with Gasteiger partial charge in [-0.1, -0.05) is 23.7 Å². The maximum Gasteiger partial charge on any atom is 0.191 e. The second kappa shape index (κ2) is 8.76. The average molecular weight is 337 g/mol. The fourth-order valence-corrected chi connectivity index (χ4v) is 2.78. The average Bonchev–Trinajstić information content (AvgIpc) is 2.92. The number of aryl methyl sites for hydroxylation is 1. The summed E-state index contributed by atoms with van der Waals surface area (Å²) in [6, 6.07) is 7.93. The van der Waals surface area contributed by atoms with Crippen molar-refractivity contribution in [3.8, 4) is 0 Å². The van der Waals surface area contributed by atoms with Gasteiger partial charge in [0.15, 0.2) is 5.96 Å². The van der Waals surface area contributed by atoms with Crippen LogP contribution in [0.15, 0.2) is 35.5 Å². The van der Waals surface area contributed by atoms with Crippen molar-refractivity contribution in [2.45, 2.75) is 26.8 Å². The van der Waals surface area contributed by atoms with E-state index in [1.165, 1.54) is 10.4 Å². The van der Waals surface area contributed by atoms with Crippen LogP contribution in [0.2, 0.25) is 5.02 Å². The van der Waals surface area contributed by atoms with E-state index < -0.39 is 0 Å². The fraction of sp³-hybridized carbons (Fsp3) is 0.375. The summed E-state index contributed by atoms with van der Waals surface area (Å²) in [7, 11) is 0. The Balaban J connectivity index is 1.84. The molecule has 6 heteroatoms. The summed E-state index contributed by atoms with van der Waals surface area (Å²) in [6.07, 6.45) is 2.81. The molecule has 4 nitrogen and oxygen atoms in total. The van der Waals surface area contributed by atoms with Gasteiger partial charge in [-0.25, -0.2) is 9.98 Å². The summed E-state index contributed by atoms with van der Waals surface area (Å²) < 4.78 is 0. The van der Waals surface area contributed by atoms with Crippen LogP contribution >= 0.6 is 22.9 Å². The van der Waals surface area contributed by atoms with Gasteiger partial charge >= 0.3 is 0 Å². The highest BCUT2D eigenvalue weighted by atomic mass is 35.5. The first kappa shape index (κ1) is 16.8. The molecule has 0 aliphatic carbocycles. The largest absolute Gasteiger partial charge is 0.357 e. The molecule has 22 heavy (non-hydrogen) atoms. The van der Waals surface area contributed by atoms with Gasteiger partial charge < -0.3 is 10.6 Å². The lowest BCUT2D eigenvalue weighted by Gasteiger charge is -2.11. The summed E-state index contributed by atoms with van der Waals surface area (Å²) in [5.74, 6) is 0.823. The van der Waals surface area contributed by atoms with Crippen molar-refractivity contribution in [2.75, 3.05) is 13.1 Å². The maximum atomic E-state index is 5.89. The Morgan fingerprint density at radius 2 is 2.05 bits per heavy atom. The quantitative estimate of drug-likeness (QED) is 0.628. The van der Waals surface area contributed by atoms with E-state index in [-0.39, 0.29) is 0 Å². The minimum atomic E-state index is 0.606. The number of benzene rings is 1. The van der Waals surface area contributed by atoms with Gasteiger partial charge in [-0.2, -0.15) is 0 Å². The molecule has 0 aliphatic rings. The second-order valence-corrected chi connectivity index (χ2v) is 6.62. The van der Waals surface area contributed by atoms with Gasteiger partial charge in [-0.05, 0) is 38.0 Å². The molecule has 0 bridgehead atoms. The molecule has 1 aromatic carbocycles. The smallest absolute Gasteiger partial charge is 0.191 e. The van der Waals surface area contributed by atoms with Gasteiger partial charge in [-0.3, -0.25) is 0 Å². The van der Waals surface area contributed by atoms with Crippen molar-refractivity contribution >= 4 is 28.9 Å². The minimum absolute atomic E-state index is 0.606. The molecule has 1 heterocycles. The van der Waals surface area contributed by atoms with Crippen LogP contribution in [0.4, 0.5) is 0 Å². The number of aromatic nitrogens is 1. The number of hydrogen-bond donors (Lipinski definition) is 2. The van der Waals surface area contributed by atoms with E-state index in [0.29, 0.717) is 6.54 Å². The Morgan fingerprint density at radius 1 is 1.27 bits per heavy atom. The van der Waals surface area contributed by atoms with E-state index in [1.807, 2.05) is 30.5 Å². The lowest BCUT2D eigenvalue weighted by molar-refractivity contribution is 0.799. The SMILES string of the molecule is CCNC(=NCc1ncc(C)s1)NCCc1ccc(Cl)cc1. The third-order valence-corrected chi connectivity index (χ3v) is 4.15. The molecule has 0 amide bonds. The number of hydrogen-bond acceptors (Lipinski definition) is 3. The number of guanidine groups is 1. The molecule has 0 spiro atoms. The van der Waals surface area contributed by atoms with Crippen LogP contribution in [0.25, 0.3) is 0 Å². The Hall–Kier alpha value is -1.59. The predicted octanol–water partition coefficient (Wildman–Crippen LogP) is 3.40. The summed E-state index contributed by atoms with van der Waals surface area (Å²) in [4.78, 5) is 10.1. The van der Waals surface area contributed by atoms with Crippen molar-refractivity contribution < 1.29 is 0 Å². The lowest BCUT2D eigenvalue weighted by Crippen LogP contribution is -2.38. The number of nitrogens with zero attached hydrogens (tertiary/aromatic N) is 2. The molecular weight excluding hydrogens is 316 g/mol. The molecule has 0 saturated heterocycles. The summed E-state index contributed by atoms with van der Waals surface area (Å²) >= 11 is 7.57. The Bertz CT molecular complexity index is 607. The monoisotopic (exact) mass is 336 g/mol. The van der Waals surface area contributed by atoms with Gasteiger partial charge in [0.25, 0.3) is 0 Å². The Labute approximate surface area is 140 Å². The highest BCUT2D eigenvalue weighted by Crippen LogP contribution is 2.12. The summed E-state index contributed by atoms with van der Waals surface area (Å²) in [5.41, 5.74) is 1.25. The van der Waals surface area contributed by atoms with Gasteiger partial charge in [0.05, 0.1) is 6.54 Å². The first-order chi connectivity index (χ1) is 10.7. The third kappa shape index (κ3) is 5.66. The molecule has 2 aromatic rings. The molecule has 0 saturated carbocycles. The van der Waals surface area contributed by atoms with Crippen LogP contribution in [-0.4, -0.2) is 24.0 Å². The third-order valence-electron chi connectivity index (χ3n) is 3.01. The predicted molar refractivity (Wildman–Crippen MR) is 94.8 cm³/mol. The van der Waals surface area contributed by atoms with E-state index >= 15 is 0 Å². The number of aliphatic imine (C=N–C) groups is 1. The first-order valence-corrected chi connectivity index (χ1v) is 8.54. The van der Waals surface area contributed by atoms with Gasteiger partial charge in [0, 0.05) is 29.2 Å². The van der Waals surface area contributed by atoms with Crippen molar-refractivity contribution in [3.63, 3.8) is 0 Å². The zero-order valence-corrected chi connectivity index (χ0v) is 14.5.